The predicted octanol–water partition coefficient (Wildman–Crippen LogP) is 10.8. The van der Waals surface area contributed by atoms with Gasteiger partial charge in [0.2, 0.25) is 11.8 Å². The molecule has 0 spiro atoms. The molecule has 4 saturated carbocycles. The number of carboxylic acids is 2. The van der Waals surface area contributed by atoms with Gasteiger partial charge in [-0.1, -0.05) is 112 Å². The number of unbranched alkanes of at least 4 members (excludes halogenated alkanes) is 7. The third-order valence-electron chi connectivity index (χ3n) is 17.9. The van der Waals surface area contributed by atoms with Crippen LogP contribution >= 0.6 is 0 Å². The van der Waals surface area contributed by atoms with E-state index in [1.165, 1.54) is 6.92 Å². The summed E-state index contributed by atoms with van der Waals surface area (Å²) in [6.45, 7) is 23.0. The van der Waals surface area contributed by atoms with Gasteiger partial charge >= 0.3 is 17.9 Å². The minimum Gasteiger partial charge on any atom is -0.481 e. The van der Waals surface area contributed by atoms with Gasteiger partial charge in [-0.25, -0.2) is 0 Å². The van der Waals surface area contributed by atoms with Crippen molar-refractivity contribution in [1.29, 1.82) is 0 Å². The Kier molecular flexibility index (Phi) is 15.0. The van der Waals surface area contributed by atoms with E-state index in [9.17, 15) is 29.1 Å². The van der Waals surface area contributed by atoms with Gasteiger partial charge in [0.25, 0.3) is 0 Å². The van der Waals surface area contributed by atoms with E-state index in [1.807, 2.05) is 13.8 Å². The van der Waals surface area contributed by atoms with Gasteiger partial charge in [0.1, 0.15) is 12.1 Å². The Hall–Kier alpha value is -2.91. The Morgan fingerprint density at radius 3 is 2.05 bits per heavy atom. The molecule has 61 heavy (non-hydrogen) atoms. The van der Waals surface area contributed by atoms with Crippen LogP contribution < -0.4 is 10.6 Å². The third kappa shape index (κ3) is 10.2. The minimum absolute atomic E-state index is 0.0142. The van der Waals surface area contributed by atoms with Gasteiger partial charge in [0, 0.05) is 18.4 Å². The first-order chi connectivity index (χ1) is 28.3. The molecule has 0 aromatic rings. The second-order valence-electron chi connectivity index (χ2n) is 23.6. The van der Waals surface area contributed by atoms with Crippen LogP contribution in [0.15, 0.2) is 11.6 Å². The second-order valence-corrected chi connectivity index (χ2v) is 23.6. The number of carbonyl (C=O) groups excluding carboxylic acids is 3. The number of hydrogen-bond donors (Lipinski definition) is 4. The molecule has 10 heteroatoms. The average molecular weight is 853 g/mol. The lowest BCUT2D eigenvalue weighted by atomic mass is 9.33. The fourth-order valence-corrected chi connectivity index (χ4v) is 14.1. The highest BCUT2D eigenvalue weighted by atomic mass is 16.5. The highest BCUT2D eigenvalue weighted by molar-refractivity contribution is 5.84. The molecule has 0 saturated heterocycles. The van der Waals surface area contributed by atoms with E-state index < -0.39 is 23.4 Å². The average Bonchev–Trinajstić information content (AvgIpc) is 3.14. The lowest BCUT2D eigenvalue weighted by Gasteiger charge is -2.71. The molecular weight excluding hydrogens is 769 g/mol. The quantitative estimate of drug-likeness (QED) is 0.0568. The molecular formula is C51H84N2O8. The Labute approximate surface area is 368 Å². The topological polar surface area (TPSA) is 159 Å². The lowest BCUT2D eigenvalue weighted by molar-refractivity contribution is -0.213. The van der Waals surface area contributed by atoms with Gasteiger partial charge < -0.3 is 25.6 Å². The van der Waals surface area contributed by atoms with Crippen LogP contribution in [0.1, 0.15) is 204 Å². The number of carbonyl (C=O) groups is 5. The highest BCUT2D eigenvalue weighted by Crippen LogP contribution is 2.76. The van der Waals surface area contributed by atoms with E-state index in [2.05, 4.69) is 65.2 Å². The van der Waals surface area contributed by atoms with Crippen LogP contribution in [-0.4, -0.2) is 58.6 Å². The molecule has 346 valence electrons. The smallest absolute Gasteiger partial charge is 0.325 e. The number of aliphatic carboxylic acids is 2. The van der Waals surface area contributed by atoms with Crippen molar-refractivity contribution >= 4 is 29.7 Å². The summed E-state index contributed by atoms with van der Waals surface area (Å²) in [6, 6.07) is -0.851. The van der Waals surface area contributed by atoms with Gasteiger partial charge in [0.15, 0.2) is 0 Å². The van der Waals surface area contributed by atoms with E-state index in [0.717, 1.165) is 122 Å². The Balaban J connectivity index is 1.18. The van der Waals surface area contributed by atoms with Crippen LogP contribution in [-0.2, 0) is 28.7 Å². The molecule has 0 bridgehead atoms. The fourth-order valence-electron chi connectivity index (χ4n) is 14.1. The summed E-state index contributed by atoms with van der Waals surface area (Å²) in [5, 5.41) is 24.3. The van der Waals surface area contributed by atoms with E-state index in [-0.39, 0.29) is 75.1 Å². The second kappa shape index (κ2) is 18.7. The zero-order chi connectivity index (χ0) is 45.2. The number of rotatable bonds is 19. The number of esters is 1. The standard InChI is InChI=1S/C51H84N2O8/c1-34(43(58)59)53-40(54)19-17-15-13-11-12-14-16-18-30-52-44(60)51-28-26-45(2,3)31-36(51)35-20-21-38-48(8)24-23-39(61-42(57)33-46(4,5)32-41(55)56)47(6,7)37(48)22-25-50(38,10)49(35,9)27-29-51/h20,34,36-39H,11-19,21-33H2,1-10H3,(H,52,60)(H,53,54)(H,55,56)(H,58,59)/t34-,36?,37?,38?,39-,48-,49+,50+,51-/m0/s1. The Morgan fingerprint density at radius 1 is 0.787 bits per heavy atom. The fraction of sp³-hybridized carbons (Fsp3) is 0.863. The highest BCUT2D eigenvalue weighted by Gasteiger charge is 2.69. The number of nitrogens with one attached hydrogen (secondary N) is 2. The van der Waals surface area contributed by atoms with Gasteiger partial charge in [0.05, 0.1) is 18.3 Å². The zero-order valence-corrected chi connectivity index (χ0v) is 39.9. The maximum Gasteiger partial charge on any atom is 0.325 e. The van der Waals surface area contributed by atoms with Crippen LogP contribution in [0, 0.1) is 55.7 Å². The number of ether oxygens (including phenoxy) is 1. The first-order valence-electron chi connectivity index (χ1n) is 24.3. The monoisotopic (exact) mass is 853 g/mol. The van der Waals surface area contributed by atoms with Gasteiger partial charge in [-0.05, 0) is 129 Å². The number of amides is 2. The van der Waals surface area contributed by atoms with E-state index in [4.69, 9.17) is 9.84 Å². The largest absolute Gasteiger partial charge is 0.481 e. The van der Waals surface area contributed by atoms with Crippen molar-refractivity contribution in [3.8, 4) is 0 Å². The summed E-state index contributed by atoms with van der Waals surface area (Å²) in [5.41, 5.74) is 0.750. The maximum atomic E-state index is 14.6. The Bertz CT molecular complexity index is 1670. The van der Waals surface area contributed by atoms with Crippen molar-refractivity contribution in [2.45, 2.75) is 216 Å². The molecule has 3 unspecified atom stereocenters. The third-order valence-corrected chi connectivity index (χ3v) is 17.9. The van der Waals surface area contributed by atoms with Crippen molar-refractivity contribution in [3.63, 3.8) is 0 Å². The molecule has 9 atom stereocenters. The van der Waals surface area contributed by atoms with Crippen LogP contribution in [0.4, 0.5) is 0 Å². The zero-order valence-electron chi connectivity index (χ0n) is 39.9. The van der Waals surface area contributed by atoms with E-state index in [0.29, 0.717) is 18.3 Å². The molecule has 0 aliphatic heterocycles. The summed E-state index contributed by atoms with van der Waals surface area (Å²) in [6.07, 6.45) is 21.3. The molecule has 2 amide bonds. The van der Waals surface area contributed by atoms with Gasteiger partial charge in [-0.2, -0.15) is 0 Å². The molecule has 10 nitrogen and oxygen atoms in total. The molecule has 0 radical (unpaired) electrons. The molecule has 0 aromatic carbocycles. The SMILES string of the molecule is C[C@H](NC(=O)CCCCCCCCCCNC(=O)[C@]12CCC(C)(C)CC1C1=CCC3[C@@]4(C)CC[C@H](OC(=O)CC(C)(C)CC(=O)O)C(C)(C)C4CC[C@@]3(C)[C@]1(C)CC2)C(=O)O. The first-order valence-corrected chi connectivity index (χ1v) is 24.3. The summed E-state index contributed by atoms with van der Waals surface area (Å²) in [7, 11) is 0. The number of hydrogen-bond acceptors (Lipinski definition) is 6. The van der Waals surface area contributed by atoms with Crippen LogP contribution in [0.5, 0.6) is 0 Å². The van der Waals surface area contributed by atoms with Crippen LogP contribution in [0.25, 0.3) is 0 Å². The summed E-state index contributed by atoms with van der Waals surface area (Å²) in [5.74, 6) is -0.964. The van der Waals surface area contributed by atoms with Crippen molar-refractivity contribution in [2.24, 2.45) is 55.7 Å². The molecule has 5 aliphatic rings. The van der Waals surface area contributed by atoms with Gasteiger partial charge in [-0.15, -0.1) is 0 Å². The maximum absolute atomic E-state index is 14.6. The summed E-state index contributed by atoms with van der Waals surface area (Å²) >= 11 is 0. The molecule has 4 N–H and O–H groups in total. The number of fused-ring (bicyclic) bond motifs is 7. The van der Waals surface area contributed by atoms with E-state index in [1.54, 1.807) is 5.57 Å². The molecule has 5 rings (SSSR count). The number of carboxylic acid groups (broad SMARTS) is 2. The minimum atomic E-state index is -1.02. The van der Waals surface area contributed by atoms with Crippen molar-refractivity contribution in [3.05, 3.63) is 11.6 Å². The van der Waals surface area contributed by atoms with Crippen molar-refractivity contribution in [2.75, 3.05) is 6.54 Å². The number of allylic oxidation sites excluding steroid dienone is 2. The predicted molar refractivity (Wildman–Crippen MR) is 239 cm³/mol. The molecule has 5 aliphatic carbocycles. The van der Waals surface area contributed by atoms with E-state index >= 15 is 0 Å². The lowest BCUT2D eigenvalue weighted by Crippen LogP contribution is -2.65. The van der Waals surface area contributed by atoms with Crippen molar-refractivity contribution < 1.29 is 38.9 Å². The van der Waals surface area contributed by atoms with Gasteiger partial charge in [-0.3, -0.25) is 24.0 Å². The van der Waals surface area contributed by atoms with Crippen LogP contribution in [0.3, 0.4) is 0 Å². The summed E-state index contributed by atoms with van der Waals surface area (Å²) < 4.78 is 6.28. The van der Waals surface area contributed by atoms with Crippen molar-refractivity contribution in [1.82, 2.24) is 10.6 Å². The molecule has 0 aromatic heterocycles. The van der Waals surface area contributed by atoms with Crippen LogP contribution in [0.2, 0.25) is 0 Å². The normalized spacial score (nSPS) is 34.2. The Morgan fingerprint density at radius 2 is 1.41 bits per heavy atom. The molecule has 0 heterocycles. The first kappa shape index (κ1) is 49.1. The summed E-state index contributed by atoms with van der Waals surface area (Å²) in [4.78, 5) is 62.1. The molecule has 4 fully saturated rings.